The molecule has 1 N–H and O–H groups in total. The molecule has 6 heteroatoms. The minimum atomic E-state index is -0.853. The normalized spacial score (nSPS) is 11.7. The number of aliphatic carboxylic acids is 1. The van der Waals surface area contributed by atoms with Crippen LogP contribution < -0.4 is 4.80 Å². The van der Waals surface area contributed by atoms with Gasteiger partial charge in [-0.2, -0.15) is 0 Å². The Morgan fingerprint density at radius 3 is 2.41 bits per heavy atom. The molecule has 116 valence electrons. The first-order valence-corrected chi connectivity index (χ1v) is 7.80. The molecule has 1 heterocycles. The number of benzene rings is 1. The highest BCUT2D eigenvalue weighted by atomic mass is 32.1. The predicted octanol–water partition coefficient (Wildman–Crippen LogP) is 2.94. The summed E-state index contributed by atoms with van der Waals surface area (Å²) in [6, 6.07) is 7.10. The Morgan fingerprint density at radius 2 is 1.91 bits per heavy atom. The van der Waals surface area contributed by atoms with Crippen LogP contribution in [0.2, 0.25) is 0 Å². The average Bonchev–Trinajstić information content (AvgIpc) is 2.76. The molecule has 0 aliphatic carbocycles. The van der Waals surface area contributed by atoms with E-state index >= 15 is 0 Å². The predicted molar refractivity (Wildman–Crippen MR) is 85.7 cm³/mol. The van der Waals surface area contributed by atoms with Gasteiger partial charge in [-0.3, -0.25) is 9.59 Å². The Kier molecular flexibility index (Phi) is 4.92. The van der Waals surface area contributed by atoms with Crippen molar-refractivity contribution in [3.8, 4) is 0 Å². The van der Waals surface area contributed by atoms with E-state index < -0.39 is 5.97 Å². The Bertz CT molecular complexity index is 770. The molecule has 0 unspecified atom stereocenters. The summed E-state index contributed by atoms with van der Waals surface area (Å²) in [6.07, 6.45) is 0.00182. The molecule has 2 rings (SSSR count). The number of carbonyl (C=O) groups excluding carboxylic acids is 1. The van der Waals surface area contributed by atoms with Gasteiger partial charge in [0.1, 0.15) is 0 Å². The first kappa shape index (κ1) is 16.2. The molecular formula is C16H18N2O3S. The van der Waals surface area contributed by atoms with Gasteiger partial charge in [0.15, 0.2) is 10.6 Å². The number of carbonyl (C=O) groups is 2. The molecule has 0 spiro atoms. The summed E-state index contributed by atoms with van der Waals surface area (Å²) in [5, 5.41) is 8.77. The highest BCUT2D eigenvalue weighted by Crippen LogP contribution is 2.16. The molecule has 1 aromatic heterocycles. The van der Waals surface area contributed by atoms with Gasteiger partial charge < -0.3 is 9.67 Å². The third-order valence-corrected chi connectivity index (χ3v) is 4.59. The number of rotatable bonds is 5. The van der Waals surface area contributed by atoms with Crippen molar-refractivity contribution in [3.05, 3.63) is 45.2 Å². The van der Waals surface area contributed by atoms with Gasteiger partial charge in [-0.15, -0.1) is 0 Å². The molecule has 0 fully saturated rings. The van der Waals surface area contributed by atoms with Crippen LogP contribution in [0, 0.1) is 6.92 Å². The highest BCUT2D eigenvalue weighted by Gasteiger charge is 2.12. The zero-order valence-electron chi connectivity index (χ0n) is 12.8. The molecule has 0 atom stereocenters. The first-order chi connectivity index (χ1) is 10.4. The maximum atomic E-state index is 11.6. The number of ketones is 1. The summed E-state index contributed by atoms with van der Waals surface area (Å²) in [6.45, 7) is 6.24. The average molecular weight is 318 g/mol. The summed E-state index contributed by atoms with van der Waals surface area (Å²) in [7, 11) is 0. The summed E-state index contributed by atoms with van der Waals surface area (Å²) in [4.78, 5) is 28.4. The fraction of sp³-hybridized carbons (Fsp3) is 0.312. The molecular weight excluding hydrogens is 300 g/mol. The quantitative estimate of drug-likeness (QED) is 0.862. The van der Waals surface area contributed by atoms with Crippen molar-refractivity contribution in [3.63, 3.8) is 0 Å². The number of hydrogen-bond acceptors (Lipinski definition) is 4. The van der Waals surface area contributed by atoms with E-state index in [1.807, 2.05) is 18.4 Å². The monoisotopic (exact) mass is 318 g/mol. The lowest BCUT2D eigenvalue weighted by Crippen LogP contribution is -2.14. The van der Waals surface area contributed by atoms with E-state index in [-0.39, 0.29) is 12.2 Å². The Balaban J connectivity index is 2.42. The van der Waals surface area contributed by atoms with E-state index in [1.165, 1.54) is 11.3 Å². The lowest BCUT2D eigenvalue weighted by Gasteiger charge is -2.02. The van der Waals surface area contributed by atoms with Crippen LogP contribution in [0.15, 0.2) is 29.3 Å². The summed E-state index contributed by atoms with van der Waals surface area (Å²) in [5.74, 6) is -0.809. The number of thiazole rings is 1. The lowest BCUT2D eigenvalue weighted by molar-refractivity contribution is -0.136. The van der Waals surface area contributed by atoms with Crippen molar-refractivity contribution in [2.45, 2.75) is 33.7 Å². The van der Waals surface area contributed by atoms with Gasteiger partial charge >= 0.3 is 5.97 Å². The van der Waals surface area contributed by atoms with Gasteiger partial charge in [-0.25, -0.2) is 4.99 Å². The fourth-order valence-electron chi connectivity index (χ4n) is 2.24. The van der Waals surface area contributed by atoms with Gasteiger partial charge in [0.25, 0.3) is 0 Å². The van der Waals surface area contributed by atoms with Crippen LogP contribution in [-0.4, -0.2) is 21.4 Å². The van der Waals surface area contributed by atoms with Crippen LogP contribution >= 0.6 is 11.3 Å². The SMILES string of the molecule is CCn1c(C)c(C(C)=O)s/c1=N/c1ccc(CC(=O)O)cc1. The van der Waals surface area contributed by atoms with Crippen LogP contribution in [0.3, 0.4) is 0 Å². The van der Waals surface area contributed by atoms with Gasteiger partial charge in [-0.05, 0) is 31.5 Å². The standard InChI is InChI=1S/C16H18N2O3S/c1-4-18-10(2)15(11(3)19)22-16(18)17-13-7-5-12(6-8-13)9-14(20)21/h5-8H,4,9H2,1-3H3,(H,20,21)/b17-16+. The molecule has 1 aromatic carbocycles. The zero-order valence-corrected chi connectivity index (χ0v) is 13.6. The second-order valence-electron chi connectivity index (χ2n) is 4.95. The van der Waals surface area contributed by atoms with Crippen molar-refractivity contribution in [1.29, 1.82) is 0 Å². The molecule has 0 aliphatic rings. The van der Waals surface area contributed by atoms with E-state index in [2.05, 4.69) is 4.99 Å². The minimum absolute atomic E-state index is 0.00182. The highest BCUT2D eigenvalue weighted by molar-refractivity contribution is 7.11. The van der Waals surface area contributed by atoms with Crippen LogP contribution in [-0.2, 0) is 17.8 Å². The fourth-order valence-corrected chi connectivity index (χ4v) is 3.35. The maximum absolute atomic E-state index is 11.6. The van der Waals surface area contributed by atoms with Crippen molar-refractivity contribution in [2.24, 2.45) is 4.99 Å². The zero-order chi connectivity index (χ0) is 16.3. The smallest absolute Gasteiger partial charge is 0.307 e. The molecule has 2 aromatic rings. The van der Waals surface area contributed by atoms with Gasteiger partial charge in [0.2, 0.25) is 0 Å². The van der Waals surface area contributed by atoms with Crippen LogP contribution in [0.1, 0.15) is 34.8 Å². The number of carboxylic acids is 1. The molecule has 0 aliphatic heterocycles. The number of carboxylic acid groups (broad SMARTS) is 1. The Hall–Kier alpha value is -2.21. The van der Waals surface area contributed by atoms with Crippen LogP contribution in [0.5, 0.6) is 0 Å². The largest absolute Gasteiger partial charge is 0.481 e. The number of nitrogens with zero attached hydrogens (tertiary/aromatic N) is 2. The molecule has 5 nitrogen and oxygen atoms in total. The molecule has 0 bridgehead atoms. The molecule has 0 saturated carbocycles. The Morgan fingerprint density at radius 1 is 1.27 bits per heavy atom. The van der Waals surface area contributed by atoms with E-state index in [0.717, 1.165) is 33.2 Å². The maximum Gasteiger partial charge on any atom is 0.307 e. The molecule has 0 saturated heterocycles. The van der Waals surface area contributed by atoms with E-state index in [1.54, 1.807) is 31.2 Å². The van der Waals surface area contributed by atoms with Gasteiger partial charge in [0, 0.05) is 19.2 Å². The van der Waals surface area contributed by atoms with E-state index in [4.69, 9.17) is 5.11 Å². The van der Waals surface area contributed by atoms with E-state index in [0.29, 0.717) is 0 Å². The summed E-state index contributed by atoms with van der Waals surface area (Å²) >= 11 is 1.38. The van der Waals surface area contributed by atoms with Crippen molar-refractivity contribution < 1.29 is 14.7 Å². The Labute approximate surface area is 132 Å². The third-order valence-electron chi connectivity index (χ3n) is 3.31. The second kappa shape index (κ2) is 6.70. The third kappa shape index (κ3) is 3.51. The molecule has 0 radical (unpaired) electrons. The summed E-state index contributed by atoms with van der Waals surface area (Å²) in [5.41, 5.74) is 2.41. The van der Waals surface area contributed by atoms with Gasteiger partial charge in [0.05, 0.1) is 17.0 Å². The van der Waals surface area contributed by atoms with Crippen molar-refractivity contribution in [1.82, 2.24) is 4.57 Å². The van der Waals surface area contributed by atoms with E-state index in [9.17, 15) is 9.59 Å². The minimum Gasteiger partial charge on any atom is -0.481 e. The van der Waals surface area contributed by atoms with Crippen molar-refractivity contribution >= 4 is 28.8 Å². The lowest BCUT2D eigenvalue weighted by atomic mass is 10.1. The van der Waals surface area contributed by atoms with Gasteiger partial charge in [-0.1, -0.05) is 23.5 Å². The second-order valence-corrected chi connectivity index (χ2v) is 5.93. The number of aromatic nitrogens is 1. The topological polar surface area (TPSA) is 71.7 Å². The van der Waals surface area contributed by atoms with Crippen molar-refractivity contribution in [2.75, 3.05) is 0 Å². The molecule has 22 heavy (non-hydrogen) atoms. The van der Waals surface area contributed by atoms with Crippen LogP contribution in [0.4, 0.5) is 5.69 Å². The molecule has 0 amide bonds. The number of Topliss-reactive ketones (excluding diaryl/α,β-unsaturated/α-hetero) is 1. The number of hydrogen-bond donors (Lipinski definition) is 1. The van der Waals surface area contributed by atoms with Crippen LogP contribution in [0.25, 0.3) is 0 Å². The first-order valence-electron chi connectivity index (χ1n) is 6.99. The summed E-state index contributed by atoms with van der Waals surface area (Å²) < 4.78 is 2.01.